The first-order chi connectivity index (χ1) is 7.18. The first-order valence-electron chi connectivity index (χ1n) is 5.33. The summed E-state index contributed by atoms with van der Waals surface area (Å²) in [7, 11) is 0. The Morgan fingerprint density at radius 3 is 2.60 bits per heavy atom. The van der Waals surface area contributed by atoms with Crippen LogP contribution in [0.4, 0.5) is 0 Å². The predicted molar refractivity (Wildman–Crippen MR) is 61.8 cm³/mol. The van der Waals surface area contributed by atoms with E-state index in [-0.39, 0.29) is 5.60 Å². The maximum atomic E-state index is 5.88. The van der Waals surface area contributed by atoms with E-state index in [2.05, 4.69) is 50.2 Å². The number of benzene rings is 2. The quantitative estimate of drug-likeness (QED) is 0.628. The molecule has 2 aromatic carbocycles. The molecule has 0 N–H and O–H groups in total. The van der Waals surface area contributed by atoms with Crippen LogP contribution in [0.2, 0.25) is 0 Å². The van der Waals surface area contributed by atoms with Gasteiger partial charge >= 0.3 is 0 Å². The number of ether oxygens (including phenoxy) is 1. The zero-order valence-corrected chi connectivity index (χ0v) is 9.08. The van der Waals surface area contributed by atoms with Gasteiger partial charge in [-0.05, 0) is 35.7 Å². The average Bonchev–Trinajstić information content (AvgIpc) is 2.24. The third-order valence-corrected chi connectivity index (χ3v) is 3.23. The van der Waals surface area contributed by atoms with Gasteiger partial charge in [0, 0.05) is 0 Å². The molecule has 15 heavy (non-hydrogen) atoms. The Labute approximate surface area is 89.7 Å². The summed E-state index contributed by atoms with van der Waals surface area (Å²) in [5, 5.41) is 2.71. The molecule has 0 fully saturated rings. The monoisotopic (exact) mass is 198 g/mol. The largest absolute Gasteiger partial charge is 0.366 e. The van der Waals surface area contributed by atoms with Crippen molar-refractivity contribution in [2.24, 2.45) is 0 Å². The van der Waals surface area contributed by atoms with Crippen molar-refractivity contribution < 1.29 is 4.74 Å². The molecule has 1 heterocycles. The molecule has 3 rings (SSSR count). The molecule has 1 heteroatoms. The van der Waals surface area contributed by atoms with Gasteiger partial charge in [-0.3, -0.25) is 0 Å². The lowest BCUT2D eigenvalue weighted by atomic mass is 9.87. The second-order valence-electron chi connectivity index (χ2n) is 4.62. The van der Waals surface area contributed by atoms with Crippen LogP contribution in [0.15, 0.2) is 36.4 Å². The first-order valence-corrected chi connectivity index (χ1v) is 5.33. The zero-order valence-electron chi connectivity index (χ0n) is 9.08. The molecule has 0 atom stereocenters. The highest BCUT2D eigenvalue weighted by Crippen LogP contribution is 2.38. The summed E-state index contributed by atoms with van der Waals surface area (Å²) in [6, 6.07) is 12.9. The molecule has 2 aromatic rings. The van der Waals surface area contributed by atoms with Gasteiger partial charge in [-0.15, -0.1) is 0 Å². The third kappa shape index (κ3) is 1.20. The van der Waals surface area contributed by atoms with E-state index in [0.717, 1.165) is 6.61 Å². The molecule has 1 aliphatic heterocycles. The van der Waals surface area contributed by atoms with Gasteiger partial charge < -0.3 is 4.74 Å². The molecule has 0 unspecified atom stereocenters. The van der Waals surface area contributed by atoms with E-state index in [1.54, 1.807) is 0 Å². The molecule has 76 valence electrons. The summed E-state index contributed by atoms with van der Waals surface area (Å²) in [5.74, 6) is 0. The molecule has 0 spiro atoms. The fraction of sp³-hybridized carbons (Fsp3) is 0.286. The van der Waals surface area contributed by atoms with E-state index in [1.165, 1.54) is 21.9 Å². The second-order valence-corrected chi connectivity index (χ2v) is 4.62. The number of hydrogen-bond acceptors (Lipinski definition) is 1. The highest BCUT2D eigenvalue weighted by atomic mass is 16.5. The molecule has 0 saturated carbocycles. The van der Waals surface area contributed by atoms with E-state index in [0.29, 0.717) is 0 Å². The van der Waals surface area contributed by atoms with E-state index >= 15 is 0 Å². The Bertz CT molecular complexity index is 521. The Morgan fingerprint density at radius 1 is 1.07 bits per heavy atom. The normalized spacial score (nSPS) is 18.0. The lowest BCUT2D eigenvalue weighted by Gasteiger charge is -2.32. The van der Waals surface area contributed by atoms with E-state index in [1.807, 2.05) is 0 Å². The highest BCUT2D eigenvalue weighted by molar-refractivity contribution is 5.90. The van der Waals surface area contributed by atoms with Crippen LogP contribution in [0.1, 0.15) is 25.0 Å². The molecule has 0 aliphatic carbocycles. The van der Waals surface area contributed by atoms with Gasteiger partial charge in [0.05, 0.1) is 12.2 Å². The minimum absolute atomic E-state index is 0.159. The lowest BCUT2D eigenvalue weighted by Crippen LogP contribution is -2.25. The number of rotatable bonds is 0. The van der Waals surface area contributed by atoms with Gasteiger partial charge in [0.25, 0.3) is 0 Å². The van der Waals surface area contributed by atoms with Crippen LogP contribution >= 0.6 is 0 Å². The van der Waals surface area contributed by atoms with E-state index in [4.69, 9.17) is 4.74 Å². The smallest absolute Gasteiger partial charge is 0.0885 e. The lowest BCUT2D eigenvalue weighted by molar-refractivity contribution is -0.0372. The standard InChI is InChI=1S/C14H14O/c1-14(2)12-8-4-6-10-5-3-7-11(9-15-14)13(10)12/h3-8H,9H2,1-2H3. The molecule has 1 aliphatic rings. The fourth-order valence-electron chi connectivity index (χ4n) is 2.38. The number of hydrogen-bond donors (Lipinski definition) is 0. The molecular weight excluding hydrogens is 184 g/mol. The van der Waals surface area contributed by atoms with Gasteiger partial charge in [0.15, 0.2) is 0 Å². The molecule has 0 radical (unpaired) electrons. The Balaban J connectivity index is 2.47. The summed E-state index contributed by atoms with van der Waals surface area (Å²) < 4.78 is 5.88. The minimum Gasteiger partial charge on any atom is -0.366 e. The Hall–Kier alpha value is -1.34. The third-order valence-electron chi connectivity index (χ3n) is 3.23. The van der Waals surface area contributed by atoms with Gasteiger partial charge in [-0.1, -0.05) is 36.4 Å². The van der Waals surface area contributed by atoms with Crippen molar-refractivity contribution in [3.8, 4) is 0 Å². The summed E-state index contributed by atoms with van der Waals surface area (Å²) in [6.45, 7) is 5.00. The summed E-state index contributed by atoms with van der Waals surface area (Å²) in [6.07, 6.45) is 0. The van der Waals surface area contributed by atoms with Crippen molar-refractivity contribution in [3.63, 3.8) is 0 Å². The Morgan fingerprint density at radius 2 is 1.80 bits per heavy atom. The maximum absolute atomic E-state index is 5.88. The van der Waals surface area contributed by atoms with Crippen LogP contribution < -0.4 is 0 Å². The summed E-state index contributed by atoms with van der Waals surface area (Å²) in [4.78, 5) is 0. The average molecular weight is 198 g/mol. The van der Waals surface area contributed by atoms with Crippen LogP contribution in [0.3, 0.4) is 0 Å². The van der Waals surface area contributed by atoms with Gasteiger partial charge in [0.1, 0.15) is 0 Å². The van der Waals surface area contributed by atoms with Gasteiger partial charge in [-0.25, -0.2) is 0 Å². The highest BCUT2D eigenvalue weighted by Gasteiger charge is 2.28. The fourth-order valence-corrected chi connectivity index (χ4v) is 2.38. The zero-order chi connectivity index (χ0) is 10.5. The second kappa shape index (κ2) is 2.83. The minimum atomic E-state index is -0.159. The van der Waals surface area contributed by atoms with Crippen molar-refractivity contribution in [1.29, 1.82) is 0 Å². The predicted octanol–water partition coefficient (Wildman–Crippen LogP) is 3.61. The van der Waals surface area contributed by atoms with Gasteiger partial charge in [-0.2, -0.15) is 0 Å². The van der Waals surface area contributed by atoms with Crippen LogP contribution in [0.25, 0.3) is 10.8 Å². The molecule has 0 aromatic heterocycles. The van der Waals surface area contributed by atoms with Gasteiger partial charge in [0.2, 0.25) is 0 Å². The summed E-state index contributed by atoms with van der Waals surface area (Å²) in [5.41, 5.74) is 2.46. The first kappa shape index (κ1) is 8.93. The van der Waals surface area contributed by atoms with Crippen LogP contribution in [-0.4, -0.2) is 0 Å². The van der Waals surface area contributed by atoms with E-state index in [9.17, 15) is 0 Å². The topological polar surface area (TPSA) is 9.23 Å². The van der Waals surface area contributed by atoms with Crippen molar-refractivity contribution in [2.75, 3.05) is 0 Å². The molecule has 0 saturated heterocycles. The van der Waals surface area contributed by atoms with Crippen molar-refractivity contribution in [3.05, 3.63) is 47.5 Å². The van der Waals surface area contributed by atoms with E-state index < -0.39 is 0 Å². The van der Waals surface area contributed by atoms with Crippen LogP contribution in [-0.2, 0) is 16.9 Å². The molecule has 1 nitrogen and oxygen atoms in total. The maximum Gasteiger partial charge on any atom is 0.0885 e. The molecule has 0 amide bonds. The van der Waals surface area contributed by atoms with Crippen molar-refractivity contribution in [2.45, 2.75) is 26.1 Å². The van der Waals surface area contributed by atoms with Crippen molar-refractivity contribution in [1.82, 2.24) is 0 Å². The molecular formula is C14H14O. The summed E-state index contributed by atoms with van der Waals surface area (Å²) >= 11 is 0. The van der Waals surface area contributed by atoms with Crippen LogP contribution in [0.5, 0.6) is 0 Å². The SMILES string of the molecule is CC1(C)OCc2cccc3cccc1c23. The Kier molecular flexibility index (Phi) is 1.68. The van der Waals surface area contributed by atoms with Crippen molar-refractivity contribution >= 4 is 10.8 Å². The van der Waals surface area contributed by atoms with Crippen LogP contribution in [0, 0.1) is 0 Å². The molecule has 0 bridgehead atoms.